The zero-order valence-corrected chi connectivity index (χ0v) is 30.5. The molecular weight excluding hydrogens is 640 g/mol. The number of allylic oxidation sites excluding steroid dienone is 4. The number of benzene rings is 2. The molecule has 2 aliphatic heterocycles. The number of hydrogen-bond donors (Lipinski definition) is 2. The minimum absolute atomic E-state index is 0.0221. The average molecular weight is 695 g/mol. The Morgan fingerprint density at radius 3 is 1.96 bits per heavy atom. The van der Waals surface area contributed by atoms with Crippen molar-refractivity contribution < 1.29 is 38.3 Å². The van der Waals surface area contributed by atoms with Crippen molar-refractivity contribution in [3.63, 3.8) is 0 Å². The number of nitrogens with zero attached hydrogens (tertiary/aromatic N) is 2. The molecule has 11 heteroatoms. The number of hydrogen-bond acceptors (Lipinski definition) is 11. The molecule has 0 radical (unpaired) electrons. The molecule has 3 aromatic rings. The van der Waals surface area contributed by atoms with Crippen LogP contribution in [0.15, 0.2) is 44.6 Å². The lowest BCUT2D eigenvalue weighted by atomic mass is 9.98. The molecule has 0 aliphatic carbocycles. The van der Waals surface area contributed by atoms with Gasteiger partial charge in [-0.25, -0.2) is 0 Å². The molecule has 2 aromatic carbocycles. The summed E-state index contributed by atoms with van der Waals surface area (Å²) in [4.78, 5) is 19.0. The first-order valence-corrected chi connectivity index (χ1v) is 17.7. The average Bonchev–Trinajstić information content (AvgIpc) is 3.08. The first kappa shape index (κ1) is 37.6. The fourth-order valence-electron chi connectivity index (χ4n) is 6.50. The van der Waals surface area contributed by atoms with Crippen LogP contribution in [-0.2, 0) is 22.3 Å². The number of phenols is 1. The van der Waals surface area contributed by atoms with Gasteiger partial charge in [0.25, 0.3) is 0 Å². The van der Waals surface area contributed by atoms with Gasteiger partial charge in [-0.3, -0.25) is 14.6 Å². The third-order valence-electron chi connectivity index (χ3n) is 9.14. The summed E-state index contributed by atoms with van der Waals surface area (Å²) >= 11 is 0. The molecule has 2 fully saturated rings. The van der Waals surface area contributed by atoms with Gasteiger partial charge in [0.2, 0.25) is 5.43 Å². The van der Waals surface area contributed by atoms with Gasteiger partial charge in [-0.1, -0.05) is 30.2 Å². The molecule has 2 aliphatic rings. The Balaban J connectivity index is 1.56. The Morgan fingerprint density at radius 1 is 0.820 bits per heavy atom. The van der Waals surface area contributed by atoms with Crippen LogP contribution in [-0.4, -0.2) is 112 Å². The highest BCUT2D eigenvalue weighted by Crippen LogP contribution is 2.42. The zero-order chi connectivity index (χ0) is 35.8. The number of phenolic OH excluding ortho intramolecular Hbond substituents is 1. The van der Waals surface area contributed by atoms with Crippen molar-refractivity contribution in [1.29, 1.82) is 0 Å². The summed E-state index contributed by atoms with van der Waals surface area (Å²) in [5.41, 5.74) is 3.42. The topological polar surface area (TPSA) is 123 Å². The molecule has 5 rings (SSSR count). The van der Waals surface area contributed by atoms with Crippen molar-refractivity contribution in [1.82, 2.24) is 9.80 Å². The van der Waals surface area contributed by atoms with Crippen LogP contribution in [0, 0.1) is 5.92 Å². The quantitative estimate of drug-likeness (QED) is 0.163. The Morgan fingerprint density at radius 2 is 1.36 bits per heavy atom. The van der Waals surface area contributed by atoms with Crippen LogP contribution >= 0.6 is 0 Å². The maximum absolute atomic E-state index is 14.5. The van der Waals surface area contributed by atoms with Crippen molar-refractivity contribution in [2.45, 2.75) is 53.6 Å². The summed E-state index contributed by atoms with van der Waals surface area (Å²) in [6.07, 6.45) is 4.03. The number of aliphatic hydroxyl groups excluding tert-OH is 1. The molecule has 1 aromatic heterocycles. The van der Waals surface area contributed by atoms with Crippen molar-refractivity contribution in [2.75, 3.05) is 86.0 Å². The highest BCUT2D eigenvalue weighted by atomic mass is 16.5. The number of methoxy groups -OCH3 is 1. The Bertz CT molecular complexity index is 1730. The summed E-state index contributed by atoms with van der Waals surface area (Å²) in [7, 11) is 1.53. The molecule has 0 spiro atoms. The molecule has 2 atom stereocenters. The SMILES string of the molecule is COc1c(OCC(O)CN2CCOCC2)cc2oc3cc(OCC(C)CN4CCOCC4)c(CC=C(C)C)c(O)c3c(=O)c2c1CC=C(C)C. The molecule has 2 saturated heterocycles. The van der Waals surface area contributed by atoms with E-state index in [-0.39, 0.29) is 34.7 Å². The third kappa shape index (κ3) is 9.38. The van der Waals surface area contributed by atoms with Gasteiger partial charge in [0.1, 0.15) is 40.8 Å². The van der Waals surface area contributed by atoms with Crippen LogP contribution in [0.2, 0.25) is 0 Å². The van der Waals surface area contributed by atoms with Gasteiger partial charge in [0.05, 0.1) is 45.5 Å². The Kier molecular flexibility index (Phi) is 13.2. The van der Waals surface area contributed by atoms with Crippen molar-refractivity contribution in [3.8, 4) is 23.0 Å². The van der Waals surface area contributed by atoms with Gasteiger partial charge >= 0.3 is 0 Å². The number of ether oxygens (including phenoxy) is 5. The summed E-state index contributed by atoms with van der Waals surface area (Å²) in [5.74, 6) is 1.29. The molecular formula is C39H54N2O9. The van der Waals surface area contributed by atoms with E-state index in [9.17, 15) is 15.0 Å². The maximum atomic E-state index is 14.5. The molecule has 50 heavy (non-hydrogen) atoms. The van der Waals surface area contributed by atoms with Crippen molar-refractivity contribution in [2.24, 2.45) is 5.92 Å². The van der Waals surface area contributed by atoms with E-state index in [2.05, 4.69) is 16.7 Å². The van der Waals surface area contributed by atoms with E-state index >= 15 is 0 Å². The van der Waals surface area contributed by atoms with Gasteiger partial charge in [0.15, 0.2) is 11.5 Å². The molecule has 0 saturated carbocycles. The lowest BCUT2D eigenvalue weighted by Gasteiger charge is -2.29. The van der Waals surface area contributed by atoms with E-state index in [0.29, 0.717) is 78.6 Å². The molecule has 0 amide bonds. The smallest absolute Gasteiger partial charge is 0.204 e. The van der Waals surface area contributed by atoms with E-state index in [4.69, 9.17) is 28.1 Å². The van der Waals surface area contributed by atoms with Crippen molar-refractivity contribution >= 4 is 21.9 Å². The molecule has 0 bridgehead atoms. The van der Waals surface area contributed by atoms with Crippen LogP contribution in [0.5, 0.6) is 23.0 Å². The highest BCUT2D eigenvalue weighted by Gasteiger charge is 2.26. The van der Waals surface area contributed by atoms with E-state index < -0.39 is 6.10 Å². The van der Waals surface area contributed by atoms with Gasteiger partial charge in [-0.2, -0.15) is 0 Å². The lowest BCUT2D eigenvalue weighted by Crippen LogP contribution is -2.42. The standard InChI is InChI=1S/C39H54N2O9/c1-25(2)7-9-29-31(48-23-27(5)21-40-11-15-46-16-12-40)19-33-36(37(29)43)38(44)35-30(10-8-26(3)4)39(45-6)34(20-32(35)50-33)49-24-28(42)22-41-13-17-47-18-14-41/h7-8,19-20,27-28,42-43H,9-18,21-24H2,1-6H3. The van der Waals surface area contributed by atoms with Crippen LogP contribution in [0.3, 0.4) is 0 Å². The van der Waals surface area contributed by atoms with Gasteiger partial charge in [0, 0.05) is 68.4 Å². The number of fused-ring (bicyclic) bond motifs is 2. The van der Waals surface area contributed by atoms with Crippen LogP contribution < -0.4 is 19.6 Å². The minimum Gasteiger partial charge on any atom is -0.507 e. The monoisotopic (exact) mass is 694 g/mol. The first-order chi connectivity index (χ1) is 24.0. The van der Waals surface area contributed by atoms with Crippen LogP contribution in [0.4, 0.5) is 0 Å². The lowest BCUT2D eigenvalue weighted by molar-refractivity contribution is 0.00445. The number of morpholine rings is 2. The fraction of sp³-hybridized carbons (Fsp3) is 0.564. The second-order valence-electron chi connectivity index (χ2n) is 13.9. The number of rotatable bonds is 15. The molecule has 11 nitrogen and oxygen atoms in total. The predicted molar refractivity (Wildman–Crippen MR) is 195 cm³/mol. The second-order valence-corrected chi connectivity index (χ2v) is 13.9. The second kappa shape index (κ2) is 17.5. The van der Waals surface area contributed by atoms with E-state index in [1.807, 2.05) is 39.8 Å². The molecule has 274 valence electrons. The van der Waals surface area contributed by atoms with Crippen LogP contribution in [0.1, 0.15) is 45.7 Å². The molecule has 3 heterocycles. The van der Waals surface area contributed by atoms with Gasteiger partial charge in [-0.15, -0.1) is 0 Å². The summed E-state index contributed by atoms with van der Waals surface area (Å²) in [6, 6.07) is 3.36. The molecule has 2 unspecified atom stereocenters. The third-order valence-corrected chi connectivity index (χ3v) is 9.14. The number of aliphatic hydroxyl groups is 1. The normalized spacial score (nSPS) is 17.0. The van der Waals surface area contributed by atoms with E-state index in [1.165, 1.54) is 7.11 Å². The fourth-order valence-corrected chi connectivity index (χ4v) is 6.50. The number of β-amino-alcohol motifs (C(OH)–C–C–N with tert-alkyl or cyclic N) is 1. The van der Waals surface area contributed by atoms with E-state index in [1.54, 1.807) is 12.1 Å². The van der Waals surface area contributed by atoms with Crippen molar-refractivity contribution in [3.05, 3.63) is 56.8 Å². The highest BCUT2D eigenvalue weighted by molar-refractivity contribution is 5.98. The Hall–Kier alpha value is -3.61. The van der Waals surface area contributed by atoms with Crippen LogP contribution in [0.25, 0.3) is 21.9 Å². The summed E-state index contributed by atoms with van der Waals surface area (Å²) in [5, 5.41) is 23.0. The minimum atomic E-state index is -0.750. The van der Waals surface area contributed by atoms with Gasteiger partial charge < -0.3 is 38.3 Å². The van der Waals surface area contributed by atoms with E-state index in [0.717, 1.165) is 57.1 Å². The first-order valence-electron chi connectivity index (χ1n) is 17.7. The Labute approximate surface area is 295 Å². The van der Waals surface area contributed by atoms with Gasteiger partial charge in [-0.05, 0) is 40.5 Å². The summed E-state index contributed by atoms with van der Waals surface area (Å²) < 4.78 is 35.8. The molecule has 2 N–H and O–H groups in total. The largest absolute Gasteiger partial charge is 0.507 e. The zero-order valence-electron chi connectivity index (χ0n) is 30.5. The predicted octanol–water partition coefficient (Wildman–Crippen LogP) is 5.10. The number of aromatic hydroxyl groups is 1. The summed E-state index contributed by atoms with van der Waals surface area (Å²) in [6.45, 7) is 17.9. The maximum Gasteiger partial charge on any atom is 0.204 e.